The highest BCUT2D eigenvalue weighted by molar-refractivity contribution is 5.88. The summed E-state index contributed by atoms with van der Waals surface area (Å²) >= 11 is 0. The first kappa shape index (κ1) is 10.1. The third kappa shape index (κ3) is 2.05. The Hall–Kier alpha value is -1.95. The van der Waals surface area contributed by atoms with Crippen LogP contribution < -0.4 is 5.73 Å². The smallest absolute Gasteiger partial charge is 0.335 e. The minimum atomic E-state index is -1.21. The van der Waals surface area contributed by atoms with Crippen molar-refractivity contribution < 1.29 is 14.8 Å². The van der Waals surface area contributed by atoms with Crippen LogP contribution in [0.15, 0.2) is 18.2 Å². The molecule has 74 valence electrons. The average Bonchev–Trinajstić information content (AvgIpc) is 2.16. The molecule has 1 aromatic carbocycles. The molecule has 14 heavy (non-hydrogen) atoms. The first-order chi connectivity index (χ1) is 6.54. The summed E-state index contributed by atoms with van der Waals surface area (Å²) < 4.78 is 0. The summed E-state index contributed by atoms with van der Waals surface area (Å²) in [4.78, 5) is 20.3. The summed E-state index contributed by atoms with van der Waals surface area (Å²) in [6.45, 7) is 0.0714. The second-order valence-electron chi connectivity index (χ2n) is 2.65. The van der Waals surface area contributed by atoms with Crippen molar-refractivity contribution in [2.75, 3.05) is 0 Å². The summed E-state index contributed by atoms with van der Waals surface area (Å²) in [6, 6.07) is 3.57. The number of carboxylic acids is 1. The topological polar surface area (TPSA) is 106 Å². The van der Waals surface area contributed by atoms with E-state index in [1.54, 1.807) is 0 Å². The monoisotopic (exact) mass is 196 g/mol. The zero-order chi connectivity index (χ0) is 10.7. The molecule has 0 heterocycles. The quantitative estimate of drug-likeness (QED) is 0.548. The predicted molar refractivity (Wildman–Crippen MR) is 47.9 cm³/mol. The number of hydrogen-bond donors (Lipinski definition) is 2. The number of carboxylic acid groups (broad SMARTS) is 1. The molecule has 6 nitrogen and oxygen atoms in total. The molecule has 0 aliphatic carbocycles. The van der Waals surface area contributed by atoms with E-state index < -0.39 is 10.9 Å². The van der Waals surface area contributed by atoms with Gasteiger partial charge in [-0.3, -0.25) is 10.1 Å². The lowest BCUT2D eigenvalue weighted by Crippen LogP contribution is -2.03. The number of nitrogens with zero attached hydrogens (tertiary/aromatic N) is 1. The van der Waals surface area contributed by atoms with Crippen LogP contribution in [-0.2, 0) is 6.54 Å². The van der Waals surface area contributed by atoms with Crippen LogP contribution >= 0.6 is 0 Å². The Morgan fingerprint density at radius 2 is 2.14 bits per heavy atom. The zero-order valence-corrected chi connectivity index (χ0v) is 7.14. The van der Waals surface area contributed by atoms with E-state index in [1.807, 2.05) is 0 Å². The molecule has 3 N–H and O–H groups in total. The van der Waals surface area contributed by atoms with E-state index in [0.29, 0.717) is 5.56 Å². The number of aromatic carboxylic acids is 1. The fourth-order valence-electron chi connectivity index (χ4n) is 1.02. The minimum Gasteiger partial charge on any atom is -0.478 e. The SMILES string of the molecule is NCc1cc(C(=O)O)cc([N+](=O)[O-])c1. The number of nitro groups is 1. The molecule has 0 saturated heterocycles. The molecule has 0 aromatic heterocycles. The van der Waals surface area contributed by atoms with Crippen molar-refractivity contribution in [3.8, 4) is 0 Å². The summed E-state index contributed by atoms with van der Waals surface area (Å²) in [7, 11) is 0. The molecule has 0 amide bonds. The first-order valence-electron chi connectivity index (χ1n) is 3.76. The largest absolute Gasteiger partial charge is 0.478 e. The Morgan fingerprint density at radius 3 is 2.57 bits per heavy atom. The third-order valence-corrected chi connectivity index (χ3v) is 1.67. The van der Waals surface area contributed by atoms with Gasteiger partial charge in [-0.15, -0.1) is 0 Å². The van der Waals surface area contributed by atoms with Gasteiger partial charge in [0.1, 0.15) is 0 Å². The Labute approximate surface area is 79.1 Å². The summed E-state index contributed by atoms with van der Waals surface area (Å²) in [5, 5.41) is 19.1. The molecular weight excluding hydrogens is 188 g/mol. The molecule has 0 aliphatic rings. The van der Waals surface area contributed by atoms with Gasteiger partial charge in [0.05, 0.1) is 10.5 Å². The van der Waals surface area contributed by atoms with Gasteiger partial charge >= 0.3 is 5.97 Å². The molecular formula is C8H8N2O4. The van der Waals surface area contributed by atoms with E-state index in [1.165, 1.54) is 12.1 Å². The highest BCUT2D eigenvalue weighted by Gasteiger charge is 2.12. The number of carbonyl (C=O) groups is 1. The molecule has 0 saturated carbocycles. The summed E-state index contributed by atoms with van der Waals surface area (Å²) in [6.07, 6.45) is 0. The maximum absolute atomic E-state index is 10.6. The van der Waals surface area contributed by atoms with Crippen LogP contribution in [0.1, 0.15) is 15.9 Å². The fraction of sp³-hybridized carbons (Fsp3) is 0.125. The van der Waals surface area contributed by atoms with Crippen molar-refractivity contribution in [1.82, 2.24) is 0 Å². The molecule has 0 fully saturated rings. The van der Waals surface area contributed by atoms with E-state index in [4.69, 9.17) is 10.8 Å². The van der Waals surface area contributed by atoms with Crippen LogP contribution in [-0.4, -0.2) is 16.0 Å². The molecule has 0 radical (unpaired) electrons. The molecule has 0 aliphatic heterocycles. The molecule has 0 spiro atoms. The highest BCUT2D eigenvalue weighted by Crippen LogP contribution is 2.16. The van der Waals surface area contributed by atoms with Gasteiger partial charge in [0.25, 0.3) is 5.69 Å². The lowest BCUT2D eigenvalue weighted by molar-refractivity contribution is -0.384. The Bertz CT molecular complexity index is 357. The van der Waals surface area contributed by atoms with Gasteiger partial charge in [-0.05, 0) is 11.6 Å². The van der Waals surface area contributed by atoms with E-state index in [2.05, 4.69) is 0 Å². The standard InChI is InChI=1S/C8H8N2O4/c9-4-5-1-6(8(11)12)3-7(2-5)10(13)14/h1-3H,4,9H2,(H,11,12). The number of hydrogen-bond acceptors (Lipinski definition) is 4. The second-order valence-corrected chi connectivity index (χ2v) is 2.65. The van der Waals surface area contributed by atoms with E-state index >= 15 is 0 Å². The predicted octanol–water partition coefficient (Wildman–Crippen LogP) is 0.752. The van der Waals surface area contributed by atoms with E-state index in [9.17, 15) is 14.9 Å². The van der Waals surface area contributed by atoms with E-state index in [0.717, 1.165) is 6.07 Å². The molecule has 0 atom stereocenters. The van der Waals surface area contributed by atoms with Gasteiger partial charge in [0, 0.05) is 18.7 Å². The number of nitro benzene ring substituents is 1. The van der Waals surface area contributed by atoms with Crippen LogP contribution in [0.25, 0.3) is 0 Å². The van der Waals surface area contributed by atoms with Crippen molar-refractivity contribution in [2.45, 2.75) is 6.54 Å². The van der Waals surface area contributed by atoms with Crippen molar-refractivity contribution in [3.05, 3.63) is 39.4 Å². The van der Waals surface area contributed by atoms with Crippen LogP contribution in [0, 0.1) is 10.1 Å². The van der Waals surface area contributed by atoms with Gasteiger partial charge in [-0.2, -0.15) is 0 Å². The summed E-state index contributed by atoms with van der Waals surface area (Å²) in [5.41, 5.74) is 5.32. The van der Waals surface area contributed by atoms with Gasteiger partial charge < -0.3 is 10.8 Å². The summed E-state index contributed by atoms with van der Waals surface area (Å²) in [5.74, 6) is -1.21. The van der Waals surface area contributed by atoms with E-state index in [-0.39, 0.29) is 17.8 Å². The molecule has 6 heteroatoms. The molecule has 0 unspecified atom stereocenters. The first-order valence-corrected chi connectivity index (χ1v) is 3.76. The van der Waals surface area contributed by atoms with Crippen LogP contribution in [0.2, 0.25) is 0 Å². The fourth-order valence-corrected chi connectivity index (χ4v) is 1.02. The lowest BCUT2D eigenvalue weighted by Gasteiger charge is -1.99. The number of benzene rings is 1. The van der Waals surface area contributed by atoms with Crippen molar-refractivity contribution in [1.29, 1.82) is 0 Å². The molecule has 0 bridgehead atoms. The second kappa shape index (κ2) is 3.84. The lowest BCUT2D eigenvalue weighted by atomic mass is 10.1. The van der Waals surface area contributed by atoms with Gasteiger partial charge in [-0.25, -0.2) is 4.79 Å². The van der Waals surface area contributed by atoms with Crippen LogP contribution in [0.5, 0.6) is 0 Å². The maximum Gasteiger partial charge on any atom is 0.335 e. The zero-order valence-electron chi connectivity index (χ0n) is 7.14. The van der Waals surface area contributed by atoms with Crippen molar-refractivity contribution >= 4 is 11.7 Å². The third-order valence-electron chi connectivity index (χ3n) is 1.67. The maximum atomic E-state index is 10.6. The van der Waals surface area contributed by atoms with Gasteiger partial charge in [-0.1, -0.05) is 0 Å². The average molecular weight is 196 g/mol. The number of rotatable bonds is 3. The van der Waals surface area contributed by atoms with Gasteiger partial charge in [0.2, 0.25) is 0 Å². The Morgan fingerprint density at radius 1 is 1.50 bits per heavy atom. The minimum absolute atomic E-state index is 0.0714. The Kier molecular flexibility index (Phi) is 2.78. The molecule has 1 aromatic rings. The van der Waals surface area contributed by atoms with Crippen LogP contribution in [0.3, 0.4) is 0 Å². The number of nitrogens with two attached hydrogens (primary N) is 1. The van der Waals surface area contributed by atoms with Crippen molar-refractivity contribution in [3.63, 3.8) is 0 Å². The van der Waals surface area contributed by atoms with Crippen LogP contribution in [0.4, 0.5) is 5.69 Å². The normalized spacial score (nSPS) is 9.79. The Balaban J connectivity index is 3.27. The number of non-ortho nitro benzene ring substituents is 1. The highest BCUT2D eigenvalue weighted by atomic mass is 16.6. The van der Waals surface area contributed by atoms with Gasteiger partial charge in [0.15, 0.2) is 0 Å². The van der Waals surface area contributed by atoms with Crippen molar-refractivity contribution in [2.24, 2.45) is 5.73 Å². The molecule has 1 rings (SSSR count).